The van der Waals surface area contributed by atoms with Gasteiger partial charge in [0.1, 0.15) is 10.8 Å². The van der Waals surface area contributed by atoms with Gasteiger partial charge in [-0.05, 0) is 32.6 Å². The molecule has 138 valence electrons. The summed E-state index contributed by atoms with van der Waals surface area (Å²) in [5, 5.41) is 10.8. The summed E-state index contributed by atoms with van der Waals surface area (Å²) in [5.74, 6) is 0.708. The number of aromatic amines is 1. The van der Waals surface area contributed by atoms with Crippen molar-refractivity contribution in [3.8, 4) is 10.6 Å². The highest BCUT2D eigenvalue weighted by Crippen LogP contribution is 2.44. The lowest BCUT2D eigenvalue weighted by molar-refractivity contribution is 0.333. The fourth-order valence-corrected chi connectivity index (χ4v) is 5.37. The van der Waals surface area contributed by atoms with Crippen LogP contribution in [-0.2, 0) is 11.8 Å². The van der Waals surface area contributed by atoms with Crippen LogP contribution in [0.5, 0.6) is 0 Å². The molecular weight excluding hydrogens is 358 g/mol. The quantitative estimate of drug-likeness (QED) is 0.741. The second kappa shape index (κ2) is 6.27. The van der Waals surface area contributed by atoms with E-state index in [1.54, 1.807) is 11.3 Å². The first kappa shape index (κ1) is 16.6. The molecular formula is C20H21N5OS. The summed E-state index contributed by atoms with van der Waals surface area (Å²) < 4.78 is 0. The van der Waals surface area contributed by atoms with Gasteiger partial charge in [-0.25, -0.2) is 4.98 Å². The number of anilines is 1. The molecule has 0 bridgehead atoms. The smallest absolute Gasteiger partial charge is 0.254 e. The number of hydrogen-bond donors (Lipinski definition) is 1. The predicted octanol–water partition coefficient (Wildman–Crippen LogP) is 3.08. The Morgan fingerprint density at radius 2 is 2.04 bits per heavy atom. The van der Waals surface area contributed by atoms with Crippen LogP contribution in [0.3, 0.4) is 0 Å². The van der Waals surface area contributed by atoms with E-state index in [2.05, 4.69) is 32.2 Å². The van der Waals surface area contributed by atoms with E-state index >= 15 is 0 Å². The van der Waals surface area contributed by atoms with Crippen molar-refractivity contribution in [1.82, 2.24) is 20.2 Å². The topological polar surface area (TPSA) is 74.8 Å². The molecule has 1 unspecified atom stereocenters. The molecule has 7 heteroatoms. The molecule has 1 spiro atoms. The highest BCUT2D eigenvalue weighted by atomic mass is 32.1. The van der Waals surface area contributed by atoms with Gasteiger partial charge in [0.25, 0.3) is 5.56 Å². The van der Waals surface area contributed by atoms with E-state index in [1.807, 2.05) is 25.1 Å². The van der Waals surface area contributed by atoms with Crippen molar-refractivity contribution >= 4 is 16.5 Å². The van der Waals surface area contributed by atoms with Gasteiger partial charge in [0.05, 0.1) is 5.69 Å². The zero-order valence-electron chi connectivity index (χ0n) is 15.2. The first-order valence-electron chi connectivity index (χ1n) is 9.39. The number of nitrogens with zero attached hydrogens (tertiary/aromatic N) is 4. The van der Waals surface area contributed by atoms with Crippen LogP contribution in [0.25, 0.3) is 10.6 Å². The molecule has 3 heterocycles. The van der Waals surface area contributed by atoms with E-state index in [9.17, 15) is 4.79 Å². The molecule has 0 saturated carbocycles. The predicted molar refractivity (Wildman–Crippen MR) is 106 cm³/mol. The number of benzene rings is 1. The summed E-state index contributed by atoms with van der Waals surface area (Å²) in [5.41, 5.74) is 2.99. The fraction of sp³-hybridized carbons (Fsp3) is 0.400. The third-order valence-corrected chi connectivity index (χ3v) is 6.81. The average molecular weight is 379 g/mol. The van der Waals surface area contributed by atoms with E-state index in [-0.39, 0.29) is 11.0 Å². The Hall–Kier alpha value is -2.54. The first-order chi connectivity index (χ1) is 13.1. The largest absolute Gasteiger partial charge is 0.346 e. The standard InChI is InChI=1S/C20H21N5OS/c1-13-21-16-15(17(26)22-13)8-10-20(16)9-5-11-25(12-20)19-24-23-18(27-19)14-6-3-2-4-7-14/h2-4,6-7H,5,8-12H2,1H3,(H,21,22,26). The monoisotopic (exact) mass is 379 g/mol. The normalized spacial score (nSPS) is 21.6. The molecule has 3 aromatic rings. The molecule has 0 radical (unpaired) electrons. The minimum Gasteiger partial charge on any atom is -0.346 e. The average Bonchev–Trinajstić information content (AvgIpc) is 3.30. The van der Waals surface area contributed by atoms with Gasteiger partial charge in [-0.3, -0.25) is 4.79 Å². The molecule has 1 saturated heterocycles. The van der Waals surface area contributed by atoms with Gasteiger partial charge in [0.15, 0.2) is 0 Å². The summed E-state index contributed by atoms with van der Waals surface area (Å²) in [6.07, 6.45) is 3.96. The number of piperidine rings is 1. The van der Waals surface area contributed by atoms with Crippen LogP contribution in [0.2, 0.25) is 0 Å². The second-order valence-corrected chi connectivity index (χ2v) is 8.50. The van der Waals surface area contributed by atoms with Crippen molar-refractivity contribution in [3.63, 3.8) is 0 Å². The lowest BCUT2D eigenvalue weighted by Crippen LogP contribution is -2.45. The van der Waals surface area contributed by atoms with E-state index in [0.717, 1.165) is 65.7 Å². The number of fused-ring (bicyclic) bond motifs is 2. The van der Waals surface area contributed by atoms with Crippen molar-refractivity contribution in [3.05, 3.63) is 57.8 Å². The molecule has 1 aliphatic heterocycles. The van der Waals surface area contributed by atoms with Crippen LogP contribution in [0.15, 0.2) is 35.1 Å². The highest BCUT2D eigenvalue weighted by Gasteiger charge is 2.45. The molecule has 5 rings (SSSR count). The van der Waals surface area contributed by atoms with Crippen molar-refractivity contribution in [2.24, 2.45) is 0 Å². The lowest BCUT2D eigenvalue weighted by atomic mass is 9.77. The van der Waals surface area contributed by atoms with Gasteiger partial charge < -0.3 is 9.88 Å². The van der Waals surface area contributed by atoms with Crippen molar-refractivity contribution < 1.29 is 0 Å². The van der Waals surface area contributed by atoms with E-state index in [1.165, 1.54) is 0 Å². The summed E-state index contributed by atoms with van der Waals surface area (Å²) in [4.78, 5) is 22.3. The first-order valence-corrected chi connectivity index (χ1v) is 10.2. The molecule has 2 aliphatic rings. The van der Waals surface area contributed by atoms with Crippen molar-refractivity contribution in [2.45, 2.75) is 38.0 Å². The molecule has 1 fully saturated rings. The van der Waals surface area contributed by atoms with Crippen LogP contribution in [0, 0.1) is 6.92 Å². The zero-order chi connectivity index (χ0) is 18.4. The van der Waals surface area contributed by atoms with Crippen LogP contribution < -0.4 is 10.5 Å². The molecule has 27 heavy (non-hydrogen) atoms. The third-order valence-electron chi connectivity index (χ3n) is 5.77. The summed E-state index contributed by atoms with van der Waals surface area (Å²) in [6, 6.07) is 10.2. The highest BCUT2D eigenvalue weighted by molar-refractivity contribution is 7.18. The number of hydrogen-bond acceptors (Lipinski definition) is 6. The van der Waals surface area contributed by atoms with Crippen molar-refractivity contribution in [1.29, 1.82) is 0 Å². The van der Waals surface area contributed by atoms with Gasteiger partial charge in [0.2, 0.25) is 5.13 Å². The molecule has 1 atom stereocenters. The second-order valence-electron chi connectivity index (χ2n) is 7.54. The molecule has 2 aromatic heterocycles. The number of nitrogens with one attached hydrogen (secondary N) is 1. The zero-order valence-corrected chi connectivity index (χ0v) is 16.1. The minimum absolute atomic E-state index is 0.0359. The van der Waals surface area contributed by atoms with Crippen LogP contribution in [0.4, 0.5) is 5.13 Å². The van der Waals surface area contributed by atoms with E-state index in [0.29, 0.717) is 5.82 Å². The Bertz CT molecular complexity index is 1040. The minimum atomic E-state index is -0.0365. The van der Waals surface area contributed by atoms with E-state index < -0.39 is 0 Å². The Kier molecular flexibility index (Phi) is 3.86. The summed E-state index contributed by atoms with van der Waals surface area (Å²) >= 11 is 1.64. The van der Waals surface area contributed by atoms with Crippen LogP contribution >= 0.6 is 11.3 Å². The number of rotatable bonds is 2. The third kappa shape index (κ3) is 2.77. The van der Waals surface area contributed by atoms with Crippen molar-refractivity contribution in [2.75, 3.05) is 18.0 Å². The Balaban J connectivity index is 1.47. The lowest BCUT2D eigenvalue weighted by Gasteiger charge is -2.40. The van der Waals surface area contributed by atoms with Gasteiger partial charge in [-0.1, -0.05) is 41.7 Å². The maximum Gasteiger partial charge on any atom is 0.254 e. The van der Waals surface area contributed by atoms with Gasteiger partial charge in [-0.15, -0.1) is 10.2 Å². The number of H-pyrrole nitrogens is 1. The SMILES string of the molecule is Cc1nc2c(c(=O)[nH]1)CCC21CCCN(c2nnc(-c3ccccc3)s2)C1. The molecule has 0 amide bonds. The Morgan fingerprint density at radius 1 is 1.19 bits per heavy atom. The summed E-state index contributed by atoms with van der Waals surface area (Å²) in [7, 11) is 0. The van der Waals surface area contributed by atoms with Gasteiger partial charge in [0, 0.05) is 29.6 Å². The van der Waals surface area contributed by atoms with Gasteiger partial charge in [-0.2, -0.15) is 0 Å². The number of aromatic nitrogens is 4. The maximum atomic E-state index is 12.3. The maximum absolute atomic E-state index is 12.3. The molecule has 1 aromatic carbocycles. The Labute approximate surface area is 161 Å². The molecule has 6 nitrogen and oxygen atoms in total. The molecule has 1 N–H and O–H groups in total. The molecule has 1 aliphatic carbocycles. The summed E-state index contributed by atoms with van der Waals surface area (Å²) in [6.45, 7) is 3.70. The van der Waals surface area contributed by atoms with E-state index in [4.69, 9.17) is 4.98 Å². The van der Waals surface area contributed by atoms with Crippen LogP contribution in [0.1, 0.15) is 36.3 Å². The number of aryl methyl sites for hydroxylation is 1. The fourth-order valence-electron chi connectivity index (χ4n) is 4.50. The Morgan fingerprint density at radius 3 is 2.89 bits per heavy atom. The van der Waals surface area contributed by atoms with Gasteiger partial charge >= 0.3 is 0 Å². The van der Waals surface area contributed by atoms with Crippen LogP contribution in [-0.4, -0.2) is 33.3 Å².